The Morgan fingerprint density at radius 3 is 3.00 bits per heavy atom. The predicted molar refractivity (Wildman–Crippen MR) is 88.4 cm³/mol. The van der Waals surface area contributed by atoms with Crippen molar-refractivity contribution >= 4 is 34.3 Å². The molecule has 0 aliphatic rings. The predicted octanol–water partition coefficient (Wildman–Crippen LogP) is 3.09. The molecule has 0 radical (unpaired) electrons. The molecule has 0 N–H and O–H groups in total. The summed E-state index contributed by atoms with van der Waals surface area (Å²) in [5.74, 6) is 0. The second-order valence-corrected chi connectivity index (χ2v) is 6.49. The Balaban J connectivity index is 2.54. The highest BCUT2D eigenvalue weighted by atomic mass is 35.5. The zero-order chi connectivity index (χ0) is 16.1. The van der Waals surface area contributed by atoms with Crippen LogP contribution in [0.3, 0.4) is 0 Å². The SMILES string of the molecule is COCCCn1c(S[C@@H](C)C#N)nc2cc(Cl)ccc2c1=O. The van der Waals surface area contributed by atoms with Crippen LogP contribution in [0.25, 0.3) is 10.9 Å². The van der Waals surface area contributed by atoms with Crippen molar-refractivity contribution in [3.05, 3.63) is 33.6 Å². The van der Waals surface area contributed by atoms with Gasteiger partial charge in [0.1, 0.15) is 0 Å². The fourth-order valence-electron chi connectivity index (χ4n) is 2.01. The lowest BCUT2D eigenvalue weighted by molar-refractivity contribution is 0.189. The van der Waals surface area contributed by atoms with Gasteiger partial charge in [0, 0.05) is 25.3 Å². The third-order valence-corrected chi connectivity index (χ3v) is 4.29. The molecule has 2 rings (SSSR count). The highest BCUT2D eigenvalue weighted by Crippen LogP contribution is 2.23. The van der Waals surface area contributed by atoms with Gasteiger partial charge in [-0.3, -0.25) is 9.36 Å². The molecule has 116 valence electrons. The summed E-state index contributed by atoms with van der Waals surface area (Å²) in [7, 11) is 1.62. The molecule has 1 heterocycles. The number of hydrogen-bond donors (Lipinski definition) is 0. The van der Waals surface area contributed by atoms with E-state index in [1.165, 1.54) is 11.8 Å². The number of thioether (sulfide) groups is 1. The highest BCUT2D eigenvalue weighted by molar-refractivity contribution is 8.00. The number of nitriles is 1. The Morgan fingerprint density at radius 2 is 2.32 bits per heavy atom. The number of ether oxygens (including phenoxy) is 1. The maximum Gasteiger partial charge on any atom is 0.262 e. The first-order valence-corrected chi connectivity index (χ1v) is 8.08. The molecule has 7 heteroatoms. The third-order valence-electron chi connectivity index (χ3n) is 3.08. The average Bonchev–Trinajstić information content (AvgIpc) is 2.50. The van der Waals surface area contributed by atoms with Crippen LogP contribution in [-0.2, 0) is 11.3 Å². The molecule has 0 spiro atoms. The molecule has 0 aliphatic carbocycles. The maximum atomic E-state index is 12.7. The number of nitrogens with zero attached hydrogens (tertiary/aromatic N) is 3. The molecule has 22 heavy (non-hydrogen) atoms. The summed E-state index contributed by atoms with van der Waals surface area (Å²) in [5, 5.41) is 10.3. The monoisotopic (exact) mass is 337 g/mol. The standard InChI is InChI=1S/C15H16ClN3O2S/c1-10(9-17)22-15-18-13-8-11(16)4-5-12(13)14(20)19(15)6-3-7-21-2/h4-5,8,10H,3,6-7H2,1-2H3/t10-/m0/s1. The van der Waals surface area contributed by atoms with Gasteiger partial charge in [0.2, 0.25) is 0 Å². The van der Waals surface area contributed by atoms with Crippen LogP contribution >= 0.6 is 23.4 Å². The topological polar surface area (TPSA) is 67.9 Å². The van der Waals surface area contributed by atoms with E-state index in [0.717, 1.165) is 0 Å². The molecule has 0 saturated carbocycles. The molecular formula is C15H16ClN3O2S. The van der Waals surface area contributed by atoms with Gasteiger partial charge in [-0.25, -0.2) is 4.98 Å². The summed E-state index contributed by atoms with van der Waals surface area (Å²) in [6.45, 7) is 2.83. The number of aromatic nitrogens is 2. The van der Waals surface area contributed by atoms with Gasteiger partial charge in [-0.15, -0.1) is 0 Å². The van der Waals surface area contributed by atoms with E-state index in [2.05, 4.69) is 11.1 Å². The molecule has 0 unspecified atom stereocenters. The van der Waals surface area contributed by atoms with E-state index in [4.69, 9.17) is 21.6 Å². The van der Waals surface area contributed by atoms with Crippen LogP contribution in [0.5, 0.6) is 0 Å². The lowest BCUT2D eigenvalue weighted by Crippen LogP contribution is -2.24. The smallest absolute Gasteiger partial charge is 0.262 e. The van der Waals surface area contributed by atoms with E-state index in [9.17, 15) is 4.79 Å². The Bertz CT molecular complexity index is 770. The van der Waals surface area contributed by atoms with Crippen LogP contribution in [0.4, 0.5) is 0 Å². The Hall–Kier alpha value is -1.55. The molecule has 0 aliphatic heterocycles. The normalized spacial score (nSPS) is 12.3. The molecule has 1 aromatic heterocycles. The lowest BCUT2D eigenvalue weighted by Gasteiger charge is -2.13. The second-order valence-electron chi connectivity index (χ2n) is 4.75. The summed E-state index contributed by atoms with van der Waals surface area (Å²) < 4.78 is 6.64. The van der Waals surface area contributed by atoms with E-state index >= 15 is 0 Å². The van der Waals surface area contributed by atoms with E-state index < -0.39 is 0 Å². The number of hydrogen-bond acceptors (Lipinski definition) is 5. The van der Waals surface area contributed by atoms with Gasteiger partial charge < -0.3 is 4.74 Å². The van der Waals surface area contributed by atoms with Crippen LogP contribution in [-0.4, -0.2) is 28.5 Å². The van der Waals surface area contributed by atoms with E-state index in [1.54, 1.807) is 36.8 Å². The van der Waals surface area contributed by atoms with E-state index in [1.807, 2.05) is 0 Å². The van der Waals surface area contributed by atoms with Gasteiger partial charge in [0.25, 0.3) is 5.56 Å². The minimum Gasteiger partial charge on any atom is -0.385 e. The molecule has 0 bridgehead atoms. The van der Waals surface area contributed by atoms with Gasteiger partial charge in [0.05, 0.1) is 22.2 Å². The molecule has 1 aromatic carbocycles. The number of rotatable bonds is 6. The number of fused-ring (bicyclic) bond motifs is 1. The Kier molecular flexibility index (Phi) is 5.83. The first-order valence-electron chi connectivity index (χ1n) is 6.82. The van der Waals surface area contributed by atoms with Crippen molar-refractivity contribution in [1.82, 2.24) is 9.55 Å². The van der Waals surface area contributed by atoms with Gasteiger partial charge in [0.15, 0.2) is 5.16 Å². The van der Waals surface area contributed by atoms with Crippen molar-refractivity contribution in [3.8, 4) is 6.07 Å². The zero-order valence-corrected chi connectivity index (χ0v) is 13.9. The van der Waals surface area contributed by atoms with Crippen molar-refractivity contribution in [2.45, 2.75) is 30.3 Å². The average molecular weight is 338 g/mol. The van der Waals surface area contributed by atoms with Gasteiger partial charge in [-0.1, -0.05) is 23.4 Å². The van der Waals surface area contributed by atoms with E-state index in [-0.39, 0.29) is 10.8 Å². The van der Waals surface area contributed by atoms with Crippen molar-refractivity contribution in [3.63, 3.8) is 0 Å². The van der Waals surface area contributed by atoms with Crippen LogP contribution in [0.1, 0.15) is 13.3 Å². The fourth-order valence-corrected chi connectivity index (χ4v) is 3.00. The van der Waals surface area contributed by atoms with Crippen LogP contribution in [0.2, 0.25) is 5.02 Å². The van der Waals surface area contributed by atoms with Gasteiger partial charge in [-0.2, -0.15) is 5.26 Å². The zero-order valence-electron chi connectivity index (χ0n) is 12.4. The third kappa shape index (κ3) is 3.80. The number of methoxy groups -OCH3 is 1. The molecule has 5 nitrogen and oxygen atoms in total. The summed E-state index contributed by atoms with van der Waals surface area (Å²) >= 11 is 7.24. The van der Waals surface area contributed by atoms with E-state index in [0.29, 0.717) is 40.7 Å². The highest BCUT2D eigenvalue weighted by Gasteiger charge is 2.14. The second kappa shape index (κ2) is 7.63. The Morgan fingerprint density at radius 1 is 1.55 bits per heavy atom. The van der Waals surface area contributed by atoms with Crippen LogP contribution < -0.4 is 5.56 Å². The van der Waals surface area contributed by atoms with Crippen molar-refractivity contribution in [1.29, 1.82) is 5.26 Å². The van der Waals surface area contributed by atoms with Crippen LogP contribution in [0.15, 0.2) is 28.2 Å². The molecule has 0 saturated heterocycles. The molecule has 1 atom stereocenters. The first-order chi connectivity index (χ1) is 10.6. The fraction of sp³-hybridized carbons (Fsp3) is 0.400. The Labute approximate surface area is 137 Å². The van der Waals surface area contributed by atoms with Crippen molar-refractivity contribution in [2.75, 3.05) is 13.7 Å². The van der Waals surface area contributed by atoms with Crippen LogP contribution in [0, 0.1) is 11.3 Å². The lowest BCUT2D eigenvalue weighted by atomic mass is 10.2. The molecular weight excluding hydrogens is 322 g/mol. The molecule has 0 amide bonds. The maximum absolute atomic E-state index is 12.7. The minimum atomic E-state index is -0.294. The largest absolute Gasteiger partial charge is 0.385 e. The molecule has 2 aromatic rings. The summed E-state index contributed by atoms with van der Waals surface area (Å²) in [6.07, 6.45) is 0.700. The quantitative estimate of drug-likeness (QED) is 0.460. The molecule has 0 fully saturated rings. The number of benzene rings is 1. The number of halogens is 1. The van der Waals surface area contributed by atoms with Gasteiger partial charge >= 0.3 is 0 Å². The first kappa shape index (κ1) is 16.8. The summed E-state index contributed by atoms with van der Waals surface area (Å²) in [6, 6.07) is 7.17. The van der Waals surface area contributed by atoms with Crippen molar-refractivity contribution in [2.24, 2.45) is 0 Å². The summed E-state index contributed by atoms with van der Waals surface area (Å²) in [4.78, 5) is 17.2. The van der Waals surface area contributed by atoms with Gasteiger partial charge in [-0.05, 0) is 31.5 Å². The minimum absolute atomic E-state index is 0.120. The summed E-state index contributed by atoms with van der Waals surface area (Å²) in [5.41, 5.74) is 0.429. The van der Waals surface area contributed by atoms with Crippen molar-refractivity contribution < 1.29 is 4.74 Å².